The molecule has 2 atom stereocenters. The minimum atomic E-state index is -0.137. The molecule has 6 heteroatoms. The highest BCUT2D eigenvalue weighted by Crippen LogP contribution is 2.47. The molecule has 1 aliphatic carbocycles. The van der Waals surface area contributed by atoms with Crippen LogP contribution in [0, 0.1) is 11.3 Å². The number of nitrogens with zero attached hydrogens (tertiary/aromatic N) is 1. The summed E-state index contributed by atoms with van der Waals surface area (Å²) in [5.41, 5.74) is 1.45. The van der Waals surface area contributed by atoms with E-state index in [1.54, 1.807) is 37.4 Å². The van der Waals surface area contributed by atoms with Gasteiger partial charge in [-0.3, -0.25) is 4.79 Å². The van der Waals surface area contributed by atoms with Gasteiger partial charge in [0.05, 0.1) is 12.8 Å². The fourth-order valence-corrected chi connectivity index (χ4v) is 3.37. The number of carbonyl (C=O) groups excluding carboxylic acids is 1. The van der Waals surface area contributed by atoms with Crippen LogP contribution in [0.4, 0.5) is 0 Å². The first-order valence-corrected chi connectivity index (χ1v) is 8.44. The molecule has 2 aromatic rings. The smallest absolute Gasteiger partial charge is 0.251 e. The number of hydrogen-bond acceptors (Lipinski definition) is 5. The lowest BCUT2D eigenvalue weighted by atomic mass is 9.57. The average Bonchev–Trinajstić information content (AvgIpc) is 3.08. The summed E-state index contributed by atoms with van der Waals surface area (Å²) in [5, 5.41) is 16.2. The van der Waals surface area contributed by atoms with Gasteiger partial charge in [-0.1, -0.05) is 19.0 Å². The van der Waals surface area contributed by atoms with Crippen molar-refractivity contribution in [1.82, 2.24) is 10.5 Å². The largest absolute Gasteiger partial charge is 0.497 e. The van der Waals surface area contributed by atoms with Crippen LogP contribution in [0.3, 0.4) is 0 Å². The van der Waals surface area contributed by atoms with Crippen LogP contribution in [0.15, 0.2) is 34.9 Å². The number of aliphatic hydroxyl groups is 1. The molecule has 1 aliphatic rings. The summed E-state index contributed by atoms with van der Waals surface area (Å²) < 4.78 is 10.2. The number of carbonyl (C=O) groups is 1. The summed E-state index contributed by atoms with van der Waals surface area (Å²) in [6.45, 7) is 4.18. The Labute approximate surface area is 147 Å². The number of amides is 1. The molecular weight excluding hydrogens is 320 g/mol. The molecule has 1 aromatic heterocycles. The van der Waals surface area contributed by atoms with Gasteiger partial charge in [0.15, 0.2) is 5.76 Å². The Morgan fingerprint density at radius 3 is 2.68 bits per heavy atom. The van der Waals surface area contributed by atoms with Gasteiger partial charge in [-0.2, -0.15) is 0 Å². The third kappa shape index (κ3) is 3.54. The van der Waals surface area contributed by atoms with Gasteiger partial charge in [0, 0.05) is 17.7 Å². The van der Waals surface area contributed by atoms with E-state index in [0.717, 1.165) is 24.3 Å². The van der Waals surface area contributed by atoms with Gasteiger partial charge in [-0.25, -0.2) is 0 Å². The normalized spacial score (nSPS) is 21.4. The number of ether oxygens (including phenoxy) is 1. The first kappa shape index (κ1) is 17.5. The summed E-state index contributed by atoms with van der Waals surface area (Å²) in [6, 6.07) is 9.02. The predicted molar refractivity (Wildman–Crippen MR) is 92.3 cm³/mol. The molecule has 0 aliphatic heterocycles. The van der Waals surface area contributed by atoms with E-state index in [1.165, 1.54) is 0 Å². The van der Waals surface area contributed by atoms with Crippen LogP contribution in [0.5, 0.6) is 5.75 Å². The maximum atomic E-state index is 12.4. The maximum absolute atomic E-state index is 12.4. The van der Waals surface area contributed by atoms with Gasteiger partial charge in [0.25, 0.3) is 5.91 Å². The third-order valence-electron chi connectivity index (χ3n) is 5.35. The van der Waals surface area contributed by atoms with Gasteiger partial charge < -0.3 is 19.7 Å². The molecule has 1 aromatic carbocycles. The molecule has 134 valence electrons. The van der Waals surface area contributed by atoms with Gasteiger partial charge >= 0.3 is 0 Å². The van der Waals surface area contributed by atoms with Gasteiger partial charge in [-0.05, 0) is 48.4 Å². The van der Waals surface area contributed by atoms with Crippen LogP contribution in [0.1, 0.15) is 42.1 Å². The van der Waals surface area contributed by atoms with Crippen LogP contribution in [-0.4, -0.2) is 29.3 Å². The van der Waals surface area contributed by atoms with Crippen LogP contribution in [0.2, 0.25) is 0 Å². The maximum Gasteiger partial charge on any atom is 0.251 e. The van der Waals surface area contributed by atoms with Crippen molar-refractivity contribution in [2.24, 2.45) is 11.3 Å². The molecule has 25 heavy (non-hydrogen) atoms. The second-order valence-corrected chi connectivity index (χ2v) is 7.16. The molecule has 3 rings (SSSR count). The van der Waals surface area contributed by atoms with Crippen LogP contribution < -0.4 is 10.1 Å². The summed E-state index contributed by atoms with van der Waals surface area (Å²) in [5.74, 6) is 1.56. The zero-order valence-corrected chi connectivity index (χ0v) is 14.8. The Morgan fingerprint density at radius 1 is 1.40 bits per heavy atom. The quantitative estimate of drug-likeness (QED) is 0.841. The average molecular weight is 344 g/mol. The van der Waals surface area contributed by atoms with Crippen molar-refractivity contribution in [3.05, 3.63) is 47.3 Å². The van der Waals surface area contributed by atoms with E-state index in [1.807, 2.05) is 0 Å². The molecule has 2 N–H and O–H groups in total. The van der Waals surface area contributed by atoms with Gasteiger partial charge in [-0.15, -0.1) is 0 Å². The molecule has 0 bridgehead atoms. The Balaban J connectivity index is 1.58. The van der Waals surface area contributed by atoms with E-state index < -0.39 is 0 Å². The summed E-state index contributed by atoms with van der Waals surface area (Å²) >= 11 is 0. The zero-order valence-electron chi connectivity index (χ0n) is 14.8. The highest BCUT2D eigenvalue weighted by Gasteiger charge is 2.48. The molecule has 0 radical (unpaired) electrons. The monoisotopic (exact) mass is 344 g/mol. The second kappa shape index (κ2) is 6.88. The van der Waals surface area contributed by atoms with E-state index in [0.29, 0.717) is 17.2 Å². The molecule has 0 saturated heterocycles. The zero-order chi connectivity index (χ0) is 18.0. The third-order valence-corrected chi connectivity index (χ3v) is 5.35. The van der Waals surface area contributed by atoms with E-state index in [4.69, 9.17) is 14.4 Å². The van der Waals surface area contributed by atoms with Crippen molar-refractivity contribution in [2.45, 2.75) is 39.3 Å². The molecular formula is C19H24N2O4. The standard InChI is InChI=1S/C19H24N2O4/c1-19(2)13(8-14-10-16(11-22)25-21-14)9-17(19)20-18(23)12-4-6-15(24-3)7-5-12/h4-7,10,13,17,22H,8-9,11H2,1-3H3,(H,20,23)/t13-,17+/m1/s1. The molecule has 6 nitrogen and oxygen atoms in total. The lowest BCUT2D eigenvalue weighted by molar-refractivity contribution is 0.0138. The lowest BCUT2D eigenvalue weighted by Gasteiger charge is -2.52. The predicted octanol–water partition coefficient (Wildman–Crippen LogP) is 2.56. The molecule has 0 spiro atoms. The van der Waals surface area contributed by atoms with Crippen LogP contribution in [-0.2, 0) is 13.0 Å². The Morgan fingerprint density at radius 2 is 2.12 bits per heavy atom. The van der Waals surface area contributed by atoms with E-state index in [9.17, 15) is 4.79 Å². The molecule has 1 saturated carbocycles. The van der Waals surface area contributed by atoms with Gasteiger partial charge in [0.1, 0.15) is 12.4 Å². The summed E-state index contributed by atoms with van der Waals surface area (Å²) in [4.78, 5) is 12.4. The van der Waals surface area contributed by atoms with Crippen molar-refractivity contribution in [3.63, 3.8) is 0 Å². The fraction of sp³-hybridized carbons (Fsp3) is 0.474. The van der Waals surface area contributed by atoms with Crippen LogP contribution >= 0.6 is 0 Å². The number of nitrogens with one attached hydrogen (secondary N) is 1. The van der Waals surface area contributed by atoms with Crippen molar-refractivity contribution in [2.75, 3.05) is 7.11 Å². The van der Waals surface area contributed by atoms with Crippen molar-refractivity contribution >= 4 is 5.91 Å². The molecule has 1 fully saturated rings. The molecule has 0 unspecified atom stereocenters. The second-order valence-electron chi connectivity index (χ2n) is 7.16. The molecule has 1 amide bonds. The van der Waals surface area contributed by atoms with Crippen LogP contribution in [0.25, 0.3) is 0 Å². The van der Waals surface area contributed by atoms with Crippen molar-refractivity contribution < 1.29 is 19.2 Å². The highest BCUT2D eigenvalue weighted by molar-refractivity contribution is 5.94. The van der Waals surface area contributed by atoms with E-state index in [2.05, 4.69) is 24.3 Å². The minimum Gasteiger partial charge on any atom is -0.497 e. The Kier molecular flexibility index (Phi) is 4.81. The number of aromatic nitrogens is 1. The summed E-state index contributed by atoms with van der Waals surface area (Å²) in [7, 11) is 1.60. The number of benzene rings is 1. The number of aliphatic hydroxyl groups excluding tert-OH is 1. The highest BCUT2D eigenvalue weighted by atomic mass is 16.5. The topological polar surface area (TPSA) is 84.6 Å². The van der Waals surface area contributed by atoms with E-state index >= 15 is 0 Å². The van der Waals surface area contributed by atoms with Gasteiger partial charge in [0.2, 0.25) is 0 Å². The number of methoxy groups -OCH3 is 1. The minimum absolute atomic E-state index is 0.0273. The first-order chi connectivity index (χ1) is 11.9. The number of hydrogen-bond donors (Lipinski definition) is 2. The molecule has 1 heterocycles. The Bertz CT molecular complexity index is 736. The first-order valence-electron chi connectivity index (χ1n) is 8.44. The Hall–Kier alpha value is -2.34. The van der Waals surface area contributed by atoms with Crippen molar-refractivity contribution in [1.29, 1.82) is 0 Å². The SMILES string of the molecule is COc1ccc(C(=O)N[C@H]2C[C@@H](Cc3cc(CO)on3)C2(C)C)cc1. The van der Waals surface area contributed by atoms with Crippen molar-refractivity contribution in [3.8, 4) is 5.75 Å². The number of rotatable bonds is 6. The fourth-order valence-electron chi connectivity index (χ4n) is 3.37. The van der Waals surface area contributed by atoms with E-state index in [-0.39, 0.29) is 24.0 Å². The lowest BCUT2D eigenvalue weighted by Crippen LogP contribution is -2.58. The summed E-state index contributed by atoms with van der Waals surface area (Å²) in [6.07, 6.45) is 1.68.